The van der Waals surface area contributed by atoms with Gasteiger partial charge in [-0.15, -0.1) is 0 Å². The Balaban J connectivity index is 4.28. The Morgan fingerprint density at radius 2 is 0.485 bits per heavy atom. The molecule has 0 heterocycles. The van der Waals surface area contributed by atoms with E-state index in [4.69, 9.17) is 14.2 Å². The molecule has 0 aromatic rings. The average Bonchev–Trinajstić information content (AvgIpc) is 3.32. The first-order chi connectivity index (χ1) is 33.4. The molecule has 404 valence electrons. The molecule has 0 aliphatic carbocycles. The van der Waals surface area contributed by atoms with Crippen molar-refractivity contribution in [1.82, 2.24) is 0 Å². The van der Waals surface area contributed by atoms with Crippen molar-refractivity contribution >= 4 is 17.9 Å². The van der Waals surface area contributed by atoms with Crippen LogP contribution in [0.4, 0.5) is 0 Å². The van der Waals surface area contributed by atoms with Crippen LogP contribution in [0.2, 0.25) is 0 Å². The third-order valence-electron chi connectivity index (χ3n) is 14.3. The molecule has 6 nitrogen and oxygen atoms in total. The first kappa shape index (κ1) is 66.4. The monoisotopic (exact) mass is 961 g/mol. The Hall–Kier alpha value is -1.59. The number of esters is 3. The van der Waals surface area contributed by atoms with Gasteiger partial charge < -0.3 is 14.2 Å². The maximum Gasteiger partial charge on any atom is 0.306 e. The third-order valence-corrected chi connectivity index (χ3v) is 14.3. The van der Waals surface area contributed by atoms with Gasteiger partial charge in [-0.25, -0.2) is 0 Å². The van der Waals surface area contributed by atoms with Crippen LogP contribution < -0.4 is 0 Å². The summed E-state index contributed by atoms with van der Waals surface area (Å²) < 4.78 is 16.9. The van der Waals surface area contributed by atoms with Crippen LogP contribution in [-0.2, 0) is 28.6 Å². The van der Waals surface area contributed by atoms with Crippen molar-refractivity contribution in [2.45, 2.75) is 361 Å². The first-order valence-corrected chi connectivity index (χ1v) is 30.9. The lowest BCUT2D eigenvalue weighted by Crippen LogP contribution is -2.30. The van der Waals surface area contributed by atoms with Gasteiger partial charge in [-0.2, -0.15) is 0 Å². The smallest absolute Gasteiger partial charge is 0.306 e. The zero-order chi connectivity index (χ0) is 49.5. The van der Waals surface area contributed by atoms with Crippen LogP contribution in [-0.4, -0.2) is 37.2 Å². The van der Waals surface area contributed by atoms with Gasteiger partial charge in [-0.3, -0.25) is 14.4 Å². The van der Waals surface area contributed by atoms with Gasteiger partial charge in [0.2, 0.25) is 0 Å². The second-order valence-corrected chi connectivity index (χ2v) is 21.8. The quantitative estimate of drug-likeness (QED) is 0.0343. The Kier molecular flexibility index (Phi) is 55.0. The molecule has 0 saturated heterocycles. The summed E-state index contributed by atoms with van der Waals surface area (Å²) >= 11 is 0. The SMILES string of the molecule is CCCCCCCCCCCCCCCCCCCCCC(=O)O[C@H](COC(=O)CCCCCCCCCCCCCCCCCC)COC(=O)CCCCCCCCCCCCCCC(C)C. The molecule has 0 unspecified atom stereocenters. The van der Waals surface area contributed by atoms with Gasteiger partial charge in [0.15, 0.2) is 6.10 Å². The Bertz CT molecular complexity index is 1030. The van der Waals surface area contributed by atoms with Crippen molar-refractivity contribution in [3.8, 4) is 0 Å². The molecule has 0 bridgehead atoms. The fourth-order valence-corrected chi connectivity index (χ4v) is 9.63. The summed E-state index contributed by atoms with van der Waals surface area (Å²) in [6, 6.07) is 0. The van der Waals surface area contributed by atoms with Crippen LogP contribution in [0.15, 0.2) is 0 Å². The number of hydrogen-bond donors (Lipinski definition) is 0. The van der Waals surface area contributed by atoms with Gasteiger partial charge in [0.05, 0.1) is 0 Å². The zero-order valence-corrected chi connectivity index (χ0v) is 46.6. The van der Waals surface area contributed by atoms with Crippen LogP contribution in [0, 0.1) is 5.92 Å². The van der Waals surface area contributed by atoms with E-state index in [1.807, 2.05) is 0 Å². The lowest BCUT2D eigenvalue weighted by atomic mass is 10.0. The molecule has 0 fully saturated rings. The van der Waals surface area contributed by atoms with E-state index in [0.29, 0.717) is 19.3 Å². The summed E-state index contributed by atoms with van der Waals surface area (Å²) in [5.41, 5.74) is 0. The van der Waals surface area contributed by atoms with E-state index < -0.39 is 6.10 Å². The van der Waals surface area contributed by atoms with Gasteiger partial charge in [0.25, 0.3) is 0 Å². The lowest BCUT2D eigenvalue weighted by molar-refractivity contribution is -0.167. The second kappa shape index (κ2) is 56.3. The van der Waals surface area contributed by atoms with E-state index in [1.165, 1.54) is 250 Å². The molecule has 0 aromatic heterocycles. The second-order valence-electron chi connectivity index (χ2n) is 21.8. The molecule has 0 aromatic carbocycles. The van der Waals surface area contributed by atoms with Gasteiger partial charge in [-0.05, 0) is 25.2 Å². The van der Waals surface area contributed by atoms with E-state index in [1.54, 1.807) is 0 Å². The highest BCUT2D eigenvalue weighted by Crippen LogP contribution is 2.18. The average molecular weight is 962 g/mol. The molecule has 0 aliphatic heterocycles. The normalized spacial score (nSPS) is 12.0. The number of hydrogen-bond acceptors (Lipinski definition) is 6. The van der Waals surface area contributed by atoms with Crippen molar-refractivity contribution in [3.05, 3.63) is 0 Å². The van der Waals surface area contributed by atoms with E-state index in [9.17, 15) is 14.4 Å². The summed E-state index contributed by atoms with van der Waals surface area (Å²) in [5.74, 6) is 0.00321. The number of ether oxygens (including phenoxy) is 3. The van der Waals surface area contributed by atoms with Gasteiger partial charge in [0, 0.05) is 19.3 Å². The van der Waals surface area contributed by atoms with Gasteiger partial charge in [0.1, 0.15) is 13.2 Å². The van der Waals surface area contributed by atoms with E-state index >= 15 is 0 Å². The van der Waals surface area contributed by atoms with Crippen LogP contribution in [0.5, 0.6) is 0 Å². The predicted molar refractivity (Wildman–Crippen MR) is 293 cm³/mol. The van der Waals surface area contributed by atoms with Crippen molar-refractivity contribution in [1.29, 1.82) is 0 Å². The summed E-state index contributed by atoms with van der Waals surface area (Å²) in [6.07, 6.45) is 62.4. The predicted octanol–water partition coefficient (Wildman–Crippen LogP) is 20.6. The molecule has 0 radical (unpaired) electrons. The van der Waals surface area contributed by atoms with Crippen LogP contribution in [0.3, 0.4) is 0 Å². The minimum atomic E-state index is -0.762. The molecule has 0 N–H and O–H groups in total. The summed E-state index contributed by atoms with van der Waals surface area (Å²) in [5, 5.41) is 0. The number of carbonyl (C=O) groups is 3. The Morgan fingerprint density at radius 1 is 0.279 bits per heavy atom. The highest BCUT2D eigenvalue weighted by molar-refractivity contribution is 5.71. The highest BCUT2D eigenvalue weighted by atomic mass is 16.6. The van der Waals surface area contributed by atoms with E-state index in [2.05, 4.69) is 27.7 Å². The third kappa shape index (κ3) is 55.3. The highest BCUT2D eigenvalue weighted by Gasteiger charge is 2.19. The molecular weight excluding hydrogens is 841 g/mol. The van der Waals surface area contributed by atoms with Crippen molar-refractivity contribution < 1.29 is 28.6 Å². The number of unbranched alkanes of at least 4 members (excludes halogenated alkanes) is 44. The zero-order valence-electron chi connectivity index (χ0n) is 46.6. The fraction of sp³-hybridized carbons (Fsp3) is 0.952. The standard InChI is InChI=1S/C62H120O6/c1-5-7-9-11-13-15-17-19-21-23-24-25-27-29-35-39-43-47-51-55-62(65)68-59(57-67-61(64)54-50-46-42-38-34-31-30-32-36-40-44-48-52-58(3)4)56-66-60(63)53-49-45-41-37-33-28-26-22-20-18-16-14-12-10-8-6-2/h58-59H,5-57H2,1-4H3/t59-/m1/s1. The van der Waals surface area contributed by atoms with Crippen LogP contribution >= 0.6 is 0 Å². The molecule has 0 spiro atoms. The maximum atomic E-state index is 12.9. The van der Waals surface area contributed by atoms with Crippen LogP contribution in [0.25, 0.3) is 0 Å². The topological polar surface area (TPSA) is 78.9 Å². The fourth-order valence-electron chi connectivity index (χ4n) is 9.63. The summed E-state index contributed by atoms with van der Waals surface area (Å²) in [7, 11) is 0. The number of rotatable bonds is 57. The van der Waals surface area contributed by atoms with E-state index in [-0.39, 0.29) is 31.1 Å². The Morgan fingerprint density at radius 3 is 0.721 bits per heavy atom. The summed E-state index contributed by atoms with van der Waals surface area (Å²) in [4.78, 5) is 38.2. The molecule has 0 saturated carbocycles. The summed E-state index contributed by atoms with van der Waals surface area (Å²) in [6.45, 7) is 9.08. The first-order valence-electron chi connectivity index (χ1n) is 30.9. The largest absolute Gasteiger partial charge is 0.462 e. The molecular formula is C62H120O6. The van der Waals surface area contributed by atoms with Crippen LogP contribution in [0.1, 0.15) is 355 Å². The van der Waals surface area contributed by atoms with Crippen molar-refractivity contribution in [2.75, 3.05) is 13.2 Å². The van der Waals surface area contributed by atoms with Crippen molar-refractivity contribution in [2.24, 2.45) is 5.92 Å². The maximum absolute atomic E-state index is 12.9. The minimum Gasteiger partial charge on any atom is -0.462 e. The Labute approximate surface area is 425 Å². The van der Waals surface area contributed by atoms with Crippen molar-refractivity contribution in [3.63, 3.8) is 0 Å². The lowest BCUT2D eigenvalue weighted by Gasteiger charge is -2.18. The van der Waals surface area contributed by atoms with Gasteiger partial charge >= 0.3 is 17.9 Å². The van der Waals surface area contributed by atoms with E-state index in [0.717, 1.165) is 63.7 Å². The molecule has 68 heavy (non-hydrogen) atoms. The minimum absolute atomic E-state index is 0.0615. The molecule has 0 aliphatic rings. The molecule has 0 rings (SSSR count). The van der Waals surface area contributed by atoms with Gasteiger partial charge in [-0.1, -0.05) is 317 Å². The number of carbonyl (C=O) groups excluding carboxylic acids is 3. The molecule has 6 heteroatoms. The molecule has 1 atom stereocenters. The molecule has 0 amide bonds.